The van der Waals surface area contributed by atoms with Crippen LogP contribution in [-0.2, 0) is 0 Å². The number of amides is 1. The summed E-state index contributed by atoms with van der Waals surface area (Å²) >= 11 is 0. The maximum Gasteiger partial charge on any atom is 0.252 e. The zero-order valence-electron chi connectivity index (χ0n) is 6.01. The molecule has 2 heterocycles. The average molecular weight is 163 g/mol. The van der Waals surface area contributed by atoms with E-state index in [1.807, 2.05) is 0 Å². The van der Waals surface area contributed by atoms with Gasteiger partial charge in [-0.3, -0.25) is 4.79 Å². The van der Waals surface area contributed by atoms with Crippen molar-refractivity contribution in [3.05, 3.63) is 24.3 Å². The van der Waals surface area contributed by atoms with Gasteiger partial charge in [-0.1, -0.05) is 0 Å². The minimum Gasteiger partial charge on any atom is -0.366 e. The molecule has 2 aromatic heterocycles. The summed E-state index contributed by atoms with van der Waals surface area (Å²) in [6.45, 7) is 0. The molecule has 0 spiro atoms. The quantitative estimate of drug-likeness (QED) is 0.597. The Labute approximate surface area is 67.0 Å². The maximum absolute atomic E-state index is 10.7. The first-order chi connectivity index (χ1) is 5.77. The van der Waals surface area contributed by atoms with Crippen molar-refractivity contribution in [3.63, 3.8) is 0 Å². The molecular formula is C6H5N5O. The highest BCUT2D eigenvalue weighted by Crippen LogP contribution is 1.97. The fraction of sp³-hybridized carbons (Fsp3) is 0. The third-order valence-electron chi connectivity index (χ3n) is 1.42. The molecule has 0 bridgehead atoms. The van der Waals surface area contributed by atoms with E-state index in [1.54, 1.807) is 0 Å². The van der Waals surface area contributed by atoms with Gasteiger partial charge in [-0.2, -0.15) is 10.1 Å². The summed E-state index contributed by atoms with van der Waals surface area (Å²) in [7, 11) is 0. The van der Waals surface area contributed by atoms with Crippen LogP contribution in [0.2, 0.25) is 0 Å². The molecular weight excluding hydrogens is 158 g/mol. The van der Waals surface area contributed by atoms with Crippen LogP contribution >= 0.6 is 0 Å². The van der Waals surface area contributed by atoms with E-state index in [0.29, 0.717) is 11.3 Å². The fourth-order valence-electron chi connectivity index (χ4n) is 0.847. The monoisotopic (exact) mass is 163 g/mol. The van der Waals surface area contributed by atoms with Crippen LogP contribution < -0.4 is 5.73 Å². The summed E-state index contributed by atoms with van der Waals surface area (Å²) in [6.07, 6.45) is 4.21. The third-order valence-corrected chi connectivity index (χ3v) is 1.42. The van der Waals surface area contributed by atoms with Crippen molar-refractivity contribution in [2.45, 2.75) is 0 Å². The van der Waals surface area contributed by atoms with Gasteiger partial charge in [0.15, 0.2) is 0 Å². The standard InChI is InChI=1S/C6H5N5O/c7-5(12)4-1-8-6-9-3-10-11(6)2-4/h1-3H,(H2,7,12). The molecule has 60 valence electrons. The molecule has 12 heavy (non-hydrogen) atoms. The van der Waals surface area contributed by atoms with E-state index in [1.165, 1.54) is 23.2 Å². The van der Waals surface area contributed by atoms with Crippen molar-refractivity contribution >= 4 is 11.7 Å². The topological polar surface area (TPSA) is 86.2 Å². The van der Waals surface area contributed by atoms with Crippen LogP contribution in [0.15, 0.2) is 18.7 Å². The van der Waals surface area contributed by atoms with E-state index in [-0.39, 0.29) is 0 Å². The summed E-state index contributed by atoms with van der Waals surface area (Å²) in [5.41, 5.74) is 5.35. The van der Waals surface area contributed by atoms with Gasteiger partial charge in [0.1, 0.15) is 6.33 Å². The van der Waals surface area contributed by atoms with E-state index in [0.717, 1.165) is 0 Å². The number of fused-ring (bicyclic) bond motifs is 1. The van der Waals surface area contributed by atoms with Gasteiger partial charge in [0.05, 0.1) is 5.56 Å². The van der Waals surface area contributed by atoms with Crippen LogP contribution in [0.1, 0.15) is 10.4 Å². The van der Waals surface area contributed by atoms with Crippen molar-refractivity contribution in [3.8, 4) is 0 Å². The van der Waals surface area contributed by atoms with Gasteiger partial charge in [0.25, 0.3) is 11.7 Å². The highest BCUT2D eigenvalue weighted by atomic mass is 16.1. The molecule has 1 amide bonds. The Morgan fingerprint density at radius 1 is 1.50 bits per heavy atom. The van der Waals surface area contributed by atoms with Crippen LogP contribution in [-0.4, -0.2) is 25.5 Å². The molecule has 0 aliphatic rings. The Morgan fingerprint density at radius 3 is 3.08 bits per heavy atom. The van der Waals surface area contributed by atoms with Gasteiger partial charge in [-0.05, 0) is 0 Å². The molecule has 0 saturated heterocycles. The van der Waals surface area contributed by atoms with Crippen LogP contribution in [0.3, 0.4) is 0 Å². The third kappa shape index (κ3) is 0.895. The molecule has 0 unspecified atom stereocenters. The molecule has 2 N–H and O–H groups in total. The second kappa shape index (κ2) is 2.26. The average Bonchev–Trinajstić information content (AvgIpc) is 2.49. The Morgan fingerprint density at radius 2 is 2.33 bits per heavy atom. The predicted molar refractivity (Wildman–Crippen MR) is 39.3 cm³/mol. The Kier molecular flexibility index (Phi) is 1.26. The first kappa shape index (κ1) is 6.71. The lowest BCUT2D eigenvalue weighted by Crippen LogP contribution is -2.12. The molecule has 2 aromatic rings. The number of primary amides is 1. The second-order valence-corrected chi connectivity index (χ2v) is 2.21. The van der Waals surface area contributed by atoms with E-state index >= 15 is 0 Å². The predicted octanol–water partition coefficient (Wildman–Crippen LogP) is -0.777. The maximum atomic E-state index is 10.7. The number of aromatic nitrogens is 4. The summed E-state index contributed by atoms with van der Waals surface area (Å²) < 4.78 is 1.39. The zero-order valence-corrected chi connectivity index (χ0v) is 6.01. The minimum atomic E-state index is -0.528. The van der Waals surface area contributed by atoms with Crippen molar-refractivity contribution in [2.75, 3.05) is 0 Å². The van der Waals surface area contributed by atoms with Crippen molar-refractivity contribution in [1.29, 1.82) is 0 Å². The van der Waals surface area contributed by atoms with Crippen LogP contribution in [0.5, 0.6) is 0 Å². The summed E-state index contributed by atoms with van der Waals surface area (Å²) in [6, 6.07) is 0. The van der Waals surface area contributed by atoms with Gasteiger partial charge in [-0.25, -0.2) is 9.50 Å². The summed E-state index contributed by atoms with van der Waals surface area (Å²) in [4.78, 5) is 18.3. The number of rotatable bonds is 1. The largest absolute Gasteiger partial charge is 0.366 e. The number of nitrogens with zero attached hydrogens (tertiary/aromatic N) is 4. The molecule has 6 nitrogen and oxygen atoms in total. The molecule has 0 fully saturated rings. The van der Waals surface area contributed by atoms with Crippen molar-refractivity contribution in [2.24, 2.45) is 5.73 Å². The summed E-state index contributed by atoms with van der Waals surface area (Å²) in [5.74, 6) is -0.0834. The fourth-order valence-corrected chi connectivity index (χ4v) is 0.847. The lowest BCUT2D eigenvalue weighted by atomic mass is 10.3. The molecule has 0 aromatic carbocycles. The van der Waals surface area contributed by atoms with E-state index in [4.69, 9.17) is 5.73 Å². The van der Waals surface area contributed by atoms with Crippen LogP contribution in [0, 0.1) is 0 Å². The first-order valence-corrected chi connectivity index (χ1v) is 3.22. The van der Waals surface area contributed by atoms with Crippen LogP contribution in [0.4, 0.5) is 0 Å². The van der Waals surface area contributed by atoms with E-state index in [2.05, 4.69) is 15.1 Å². The number of carbonyl (C=O) groups excluding carboxylic acids is 1. The summed E-state index contributed by atoms with van der Waals surface area (Å²) in [5, 5.41) is 3.80. The number of carbonyl (C=O) groups is 1. The van der Waals surface area contributed by atoms with Gasteiger partial charge in [0, 0.05) is 12.4 Å². The first-order valence-electron chi connectivity index (χ1n) is 3.22. The highest BCUT2D eigenvalue weighted by molar-refractivity contribution is 5.92. The molecule has 0 aliphatic carbocycles. The zero-order chi connectivity index (χ0) is 8.55. The SMILES string of the molecule is NC(=O)c1cnc2ncnn2c1. The van der Waals surface area contributed by atoms with Crippen molar-refractivity contribution in [1.82, 2.24) is 19.6 Å². The minimum absolute atomic E-state index is 0.313. The molecule has 0 radical (unpaired) electrons. The van der Waals surface area contributed by atoms with Gasteiger partial charge < -0.3 is 5.73 Å². The Bertz CT molecular complexity index is 434. The number of hydrogen-bond acceptors (Lipinski definition) is 4. The van der Waals surface area contributed by atoms with Crippen LogP contribution in [0.25, 0.3) is 5.78 Å². The van der Waals surface area contributed by atoms with Gasteiger partial charge in [0.2, 0.25) is 0 Å². The smallest absolute Gasteiger partial charge is 0.252 e. The van der Waals surface area contributed by atoms with Gasteiger partial charge in [-0.15, -0.1) is 0 Å². The highest BCUT2D eigenvalue weighted by Gasteiger charge is 2.02. The molecule has 6 heteroatoms. The second-order valence-electron chi connectivity index (χ2n) is 2.21. The van der Waals surface area contributed by atoms with Gasteiger partial charge >= 0.3 is 0 Å². The van der Waals surface area contributed by atoms with E-state index < -0.39 is 5.91 Å². The molecule has 2 rings (SSSR count). The lowest BCUT2D eigenvalue weighted by molar-refractivity contribution is 0.0999. The number of hydrogen-bond donors (Lipinski definition) is 1. The lowest BCUT2D eigenvalue weighted by Gasteiger charge is -1.93. The van der Waals surface area contributed by atoms with Crippen molar-refractivity contribution < 1.29 is 4.79 Å². The van der Waals surface area contributed by atoms with E-state index in [9.17, 15) is 4.79 Å². The number of nitrogens with two attached hydrogens (primary N) is 1. The Hall–Kier alpha value is -1.98. The molecule has 0 aliphatic heterocycles. The normalized spacial score (nSPS) is 10.3. The Balaban J connectivity index is 2.68. The molecule has 0 saturated carbocycles. The molecule has 0 atom stereocenters.